The predicted octanol–water partition coefficient (Wildman–Crippen LogP) is 6.01. The zero-order valence-electron chi connectivity index (χ0n) is 14.0. The highest BCUT2D eigenvalue weighted by atomic mass is 16.4. The van der Waals surface area contributed by atoms with Crippen LogP contribution in [-0.2, 0) is 0 Å². The highest BCUT2D eigenvalue weighted by molar-refractivity contribution is 5.99. The second-order valence-corrected chi connectivity index (χ2v) is 6.02. The topological polar surface area (TPSA) is 40.5 Å². The molecular weight excluding hydrogens is 322 g/mol. The molecule has 0 saturated heterocycles. The minimum atomic E-state index is -0.923. The van der Waals surface area contributed by atoms with Gasteiger partial charge in [-0.25, -0.2) is 4.79 Å². The van der Waals surface area contributed by atoms with Gasteiger partial charge in [0.2, 0.25) is 0 Å². The number of para-hydroxylation sites is 1. The number of benzene rings is 4. The molecule has 1 N–H and O–H groups in total. The molecule has 4 aromatic carbocycles. The second kappa shape index (κ2) is 6.73. The second-order valence-electron chi connectivity index (χ2n) is 6.02. The van der Waals surface area contributed by atoms with Crippen LogP contribution in [0, 0.1) is 0 Å². The van der Waals surface area contributed by atoms with Gasteiger partial charge in [-0.15, -0.1) is 0 Å². The maximum absolute atomic E-state index is 11.2. The lowest BCUT2D eigenvalue weighted by Gasteiger charge is -2.26. The summed E-state index contributed by atoms with van der Waals surface area (Å²) < 4.78 is 0. The smallest absolute Gasteiger partial charge is 0.335 e. The molecule has 0 fully saturated rings. The molecule has 0 unspecified atom stereocenters. The molecule has 0 aliphatic rings. The van der Waals surface area contributed by atoms with Crippen LogP contribution < -0.4 is 4.90 Å². The van der Waals surface area contributed by atoms with Gasteiger partial charge < -0.3 is 10.0 Å². The molecule has 4 rings (SSSR count). The van der Waals surface area contributed by atoms with Crippen LogP contribution in [0.3, 0.4) is 0 Å². The third kappa shape index (κ3) is 2.91. The van der Waals surface area contributed by atoms with Gasteiger partial charge in [0.05, 0.1) is 11.3 Å². The molecule has 4 aromatic rings. The fourth-order valence-corrected chi connectivity index (χ4v) is 3.16. The molecule has 0 atom stereocenters. The molecule has 0 bridgehead atoms. The lowest BCUT2D eigenvalue weighted by atomic mass is 10.1. The van der Waals surface area contributed by atoms with Crippen LogP contribution in [0.4, 0.5) is 17.1 Å². The zero-order valence-corrected chi connectivity index (χ0v) is 14.0. The standard InChI is InChI=1S/C23H17NO2/c25-23(26)18-13-15-20(16-14-18)24(19-9-2-1-3-10-19)22-12-6-8-17-7-4-5-11-21(17)22/h1-16H,(H,25,26). The van der Waals surface area contributed by atoms with Gasteiger partial charge in [-0.3, -0.25) is 0 Å². The summed E-state index contributed by atoms with van der Waals surface area (Å²) in [6.07, 6.45) is 0. The fraction of sp³-hybridized carbons (Fsp3) is 0. The van der Waals surface area contributed by atoms with Gasteiger partial charge in [0.1, 0.15) is 0 Å². The third-order valence-corrected chi connectivity index (χ3v) is 4.39. The number of aromatic carboxylic acids is 1. The first-order chi connectivity index (χ1) is 12.7. The van der Waals surface area contributed by atoms with Gasteiger partial charge in [-0.2, -0.15) is 0 Å². The van der Waals surface area contributed by atoms with E-state index in [1.807, 2.05) is 60.7 Å². The van der Waals surface area contributed by atoms with Crippen LogP contribution in [0.15, 0.2) is 97.1 Å². The molecular formula is C23H17NO2. The van der Waals surface area contributed by atoms with Gasteiger partial charge in [0.25, 0.3) is 0 Å². The van der Waals surface area contributed by atoms with Gasteiger partial charge >= 0.3 is 5.97 Å². The van der Waals surface area contributed by atoms with Crippen molar-refractivity contribution in [2.75, 3.05) is 4.90 Å². The van der Waals surface area contributed by atoms with E-state index in [2.05, 4.69) is 29.2 Å². The largest absolute Gasteiger partial charge is 0.478 e. The van der Waals surface area contributed by atoms with E-state index in [1.54, 1.807) is 12.1 Å². The summed E-state index contributed by atoms with van der Waals surface area (Å²) in [5.74, 6) is -0.923. The number of hydrogen-bond donors (Lipinski definition) is 1. The molecule has 0 aromatic heterocycles. The van der Waals surface area contributed by atoms with Crippen molar-refractivity contribution in [3.05, 3.63) is 103 Å². The van der Waals surface area contributed by atoms with Crippen molar-refractivity contribution in [2.45, 2.75) is 0 Å². The van der Waals surface area contributed by atoms with Gasteiger partial charge in [0, 0.05) is 16.8 Å². The van der Waals surface area contributed by atoms with Crippen molar-refractivity contribution in [3.63, 3.8) is 0 Å². The number of nitrogens with zero attached hydrogens (tertiary/aromatic N) is 1. The van der Waals surface area contributed by atoms with Crippen LogP contribution in [0.25, 0.3) is 10.8 Å². The van der Waals surface area contributed by atoms with Crippen molar-refractivity contribution in [1.29, 1.82) is 0 Å². The zero-order chi connectivity index (χ0) is 17.9. The number of carbonyl (C=O) groups is 1. The Hall–Kier alpha value is -3.59. The van der Waals surface area contributed by atoms with Crippen molar-refractivity contribution >= 4 is 33.8 Å². The lowest BCUT2D eigenvalue weighted by molar-refractivity contribution is 0.0697. The number of carboxylic acids is 1. The quantitative estimate of drug-likeness (QED) is 0.495. The first kappa shape index (κ1) is 15.9. The summed E-state index contributed by atoms with van der Waals surface area (Å²) in [6, 6.07) is 31.5. The first-order valence-corrected chi connectivity index (χ1v) is 8.40. The van der Waals surface area contributed by atoms with Gasteiger partial charge in [0.15, 0.2) is 0 Å². The van der Waals surface area contributed by atoms with E-state index >= 15 is 0 Å². The molecule has 0 heterocycles. The highest BCUT2D eigenvalue weighted by Crippen LogP contribution is 2.38. The summed E-state index contributed by atoms with van der Waals surface area (Å²) in [6.45, 7) is 0. The molecule has 0 spiro atoms. The van der Waals surface area contributed by atoms with E-state index in [1.165, 1.54) is 0 Å². The van der Waals surface area contributed by atoms with E-state index in [0.717, 1.165) is 27.8 Å². The number of anilines is 3. The molecule has 26 heavy (non-hydrogen) atoms. The molecule has 3 heteroatoms. The summed E-state index contributed by atoms with van der Waals surface area (Å²) in [5, 5.41) is 11.5. The number of rotatable bonds is 4. The Labute approximate surface area is 151 Å². The van der Waals surface area contributed by atoms with E-state index in [0.29, 0.717) is 0 Å². The van der Waals surface area contributed by atoms with Crippen molar-refractivity contribution < 1.29 is 9.90 Å². The Morgan fingerprint density at radius 1 is 0.654 bits per heavy atom. The van der Waals surface area contributed by atoms with E-state index in [9.17, 15) is 9.90 Å². The Morgan fingerprint density at radius 3 is 2.00 bits per heavy atom. The monoisotopic (exact) mass is 339 g/mol. The van der Waals surface area contributed by atoms with Crippen molar-refractivity contribution in [3.8, 4) is 0 Å². The number of carboxylic acid groups (broad SMARTS) is 1. The van der Waals surface area contributed by atoms with Crippen LogP contribution in [0.1, 0.15) is 10.4 Å². The molecule has 3 nitrogen and oxygen atoms in total. The molecule has 0 aliphatic heterocycles. The molecule has 0 radical (unpaired) electrons. The van der Waals surface area contributed by atoms with Crippen molar-refractivity contribution in [2.24, 2.45) is 0 Å². The van der Waals surface area contributed by atoms with E-state index in [-0.39, 0.29) is 5.56 Å². The Morgan fingerprint density at radius 2 is 1.27 bits per heavy atom. The summed E-state index contributed by atoms with van der Waals surface area (Å²) in [5.41, 5.74) is 3.27. The van der Waals surface area contributed by atoms with Gasteiger partial charge in [-0.05, 0) is 47.9 Å². The Bertz CT molecular complexity index is 1050. The van der Waals surface area contributed by atoms with E-state index < -0.39 is 5.97 Å². The van der Waals surface area contributed by atoms with Crippen LogP contribution in [0.5, 0.6) is 0 Å². The van der Waals surface area contributed by atoms with Gasteiger partial charge in [-0.1, -0.05) is 54.6 Å². The number of fused-ring (bicyclic) bond motifs is 1. The van der Waals surface area contributed by atoms with Crippen LogP contribution in [-0.4, -0.2) is 11.1 Å². The lowest BCUT2D eigenvalue weighted by Crippen LogP contribution is -2.10. The number of hydrogen-bond acceptors (Lipinski definition) is 2. The maximum Gasteiger partial charge on any atom is 0.335 e. The third-order valence-electron chi connectivity index (χ3n) is 4.39. The maximum atomic E-state index is 11.2. The summed E-state index contributed by atoms with van der Waals surface area (Å²) >= 11 is 0. The normalized spacial score (nSPS) is 10.6. The average molecular weight is 339 g/mol. The SMILES string of the molecule is O=C(O)c1ccc(N(c2ccccc2)c2cccc3ccccc23)cc1. The molecule has 126 valence electrons. The van der Waals surface area contributed by atoms with Crippen LogP contribution in [0.2, 0.25) is 0 Å². The minimum Gasteiger partial charge on any atom is -0.478 e. The predicted molar refractivity (Wildman–Crippen MR) is 106 cm³/mol. The first-order valence-electron chi connectivity index (χ1n) is 8.40. The average Bonchev–Trinajstić information content (AvgIpc) is 2.70. The summed E-state index contributed by atoms with van der Waals surface area (Å²) in [7, 11) is 0. The van der Waals surface area contributed by atoms with Crippen molar-refractivity contribution in [1.82, 2.24) is 0 Å². The van der Waals surface area contributed by atoms with Crippen LogP contribution >= 0.6 is 0 Å². The Kier molecular flexibility index (Phi) is 4.12. The highest BCUT2D eigenvalue weighted by Gasteiger charge is 2.15. The fourth-order valence-electron chi connectivity index (χ4n) is 3.16. The Balaban J connectivity index is 1.93. The summed E-state index contributed by atoms with van der Waals surface area (Å²) in [4.78, 5) is 13.3. The minimum absolute atomic E-state index is 0.277. The molecule has 0 amide bonds. The molecule has 0 aliphatic carbocycles. The van der Waals surface area contributed by atoms with E-state index in [4.69, 9.17) is 0 Å². The molecule has 0 saturated carbocycles.